The molecule has 0 bridgehead atoms. The van der Waals surface area contributed by atoms with E-state index >= 15 is 0 Å². The van der Waals surface area contributed by atoms with E-state index in [1.54, 1.807) is 6.92 Å². The topological polar surface area (TPSA) is 47.9 Å². The average molecular weight is 556 g/mol. The molecule has 0 fully saturated rings. The Kier molecular flexibility index (Phi) is 14.0. The molecule has 4 nitrogen and oxygen atoms in total. The van der Waals surface area contributed by atoms with Gasteiger partial charge in [-0.1, -0.05) is 0 Å². The first-order chi connectivity index (χ1) is 15.3. The summed E-state index contributed by atoms with van der Waals surface area (Å²) in [5.41, 5.74) is 0. The molecule has 0 aliphatic rings. The molecule has 0 saturated carbocycles. The van der Waals surface area contributed by atoms with Gasteiger partial charge in [-0.3, -0.25) is 0 Å². The van der Waals surface area contributed by atoms with Gasteiger partial charge in [-0.2, -0.15) is 35.1 Å². The van der Waals surface area contributed by atoms with E-state index in [1.165, 1.54) is 0 Å². The summed E-state index contributed by atoms with van der Waals surface area (Å²) in [5, 5.41) is 7.57. The number of aliphatic hydroxyl groups excluding tert-OH is 1. The molecule has 0 rings (SSSR count). The van der Waals surface area contributed by atoms with Crippen molar-refractivity contribution in [3.05, 3.63) is 0 Å². The zero-order valence-corrected chi connectivity index (χ0v) is 19.2. The van der Waals surface area contributed by atoms with Crippen LogP contribution in [0.5, 0.6) is 0 Å². The maximum atomic E-state index is 14.6. The van der Waals surface area contributed by atoms with Gasteiger partial charge in [0, 0.05) is 26.4 Å². The third-order valence-electron chi connectivity index (χ3n) is 3.76. The van der Waals surface area contributed by atoms with Crippen molar-refractivity contribution in [1.82, 2.24) is 0 Å². The number of hydrogen-bond donors (Lipinski definition) is 1. The minimum absolute atomic E-state index is 0.250. The third kappa shape index (κ3) is 6.88. The van der Waals surface area contributed by atoms with Gasteiger partial charge in [-0.15, -0.1) is 0 Å². The Balaban J connectivity index is 0. The molecule has 0 heterocycles. The van der Waals surface area contributed by atoms with Crippen LogP contribution in [0, 0.1) is 0 Å². The van der Waals surface area contributed by atoms with Crippen LogP contribution in [0.2, 0.25) is 0 Å². The van der Waals surface area contributed by atoms with Crippen molar-refractivity contribution in [3.63, 3.8) is 0 Å². The minimum atomic E-state index is -7.54. The van der Waals surface area contributed by atoms with E-state index in [-0.39, 0.29) is 6.61 Å². The molecular formula is C16H25F13O4Si. The van der Waals surface area contributed by atoms with Crippen LogP contribution in [0.3, 0.4) is 0 Å². The second kappa shape index (κ2) is 13.5. The lowest BCUT2D eigenvalue weighted by Crippen LogP contribution is -2.72. The van der Waals surface area contributed by atoms with Gasteiger partial charge in [0.05, 0.1) is 0 Å². The fourth-order valence-electron chi connectivity index (χ4n) is 2.25. The maximum Gasteiger partial charge on any atom is 0.543 e. The van der Waals surface area contributed by atoms with Gasteiger partial charge in [0.2, 0.25) is 12.0 Å². The van der Waals surface area contributed by atoms with Gasteiger partial charge in [-0.25, -0.2) is 22.0 Å². The highest BCUT2D eigenvalue weighted by molar-refractivity contribution is 6.62. The summed E-state index contributed by atoms with van der Waals surface area (Å²) in [4.78, 5) is 0. The Hall–Kier alpha value is -0.853. The van der Waals surface area contributed by atoms with E-state index in [2.05, 4.69) is 13.3 Å². The van der Waals surface area contributed by atoms with E-state index in [4.69, 9.17) is 5.11 Å². The highest BCUT2D eigenvalue weighted by Gasteiger charge is 2.87. The fourth-order valence-corrected chi connectivity index (χ4v) is 4.77. The monoisotopic (exact) mass is 556 g/mol. The molecule has 0 aromatic rings. The smallest absolute Gasteiger partial charge is 0.397 e. The van der Waals surface area contributed by atoms with Gasteiger partial charge < -0.3 is 18.4 Å². The summed E-state index contributed by atoms with van der Waals surface area (Å²) in [6.45, 7) is 2.79. The molecule has 0 saturated heterocycles. The number of rotatable bonds is 14. The molecule has 3 atom stereocenters. The van der Waals surface area contributed by atoms with Crippen LogP contribution in [0.1, 0.15) is 27.7 Å². The Morgan fingerprint density at radius 1 is 0.647 bits per heavy atom. The minimum Gasteiger partial charge on any atom is -0.397 e. The molecule has 0 radical (unpaired) electrons. The molecule has 208 valence electrons. The molecule has 0 aliphatic carbocycles. The predicted molar refractivity (Wildman–Crippen MR) is 93.9 cm³/mol. The molecule has 0 aromatic heterocycles. The number of alkyl halides is 13. The lowest BCUT2D eigenvalue weighted by Gasteiger charge is -2.41. The first-order valence-electron chi connectivity index (χ1n) is 9.51. The molecular weight excluding hydrogens is 531 g/mol. The van der Waals surface area contributed by atoms with E-state index in [9.17, 15) is 57.1 Å². The van der Waals surface area contributed by atoms with Gasteiger partial charge in [-0.05, 0) is 27.7 Å². The second-order valence-corrected chi connectivity index (χ2v) is 8.74. The van der Waals surface area contributed by atoms with Crippen molar-refractivity contribution >= 4 is 8.80 Å². The summed E-state index contributed by atoms with van der Waals surface area (Å²) in [6, 6.07) is 0. The van der Waals surface area contributed by atoms with Crippen molar-refractivity contribution < 1.29 is 75.5 Å². The molecule has 0 aliphatic heterocycles. The van der Waals surface area contributed by atoms with Gasteiger partial charge >= 0.3 is 32.5 Å². The maximum absolute atomic E-state index is 14.6. The number of hydrogen-bond acceptors (Lipinski definition) is 4. The van der Waals surface area contributed by atoms with Crippen LogP contribution < -0.4 is 0 Å². The highest BCUT2D eigenvalue weighted by atomic mass is 28.4. The van der Waals surface area contributed by atoms with Crippen LogP contribution in [-0.2, 0) is 13.3 Å². The Morgan fingerprint density at radius 2 is 0.941 bits per heavy atom. The summed E-state index contributed by atoms with van der Waals surface area (Å²) in [6.07, 6.45) is -14.8. The summed E-state index contributed by atoms with van der Waals surface area (Å²) in [7, 11) is -5.61. The molecule has 18 heteroatoms. The highest BCUT2D eigenvalue weighted by Crippen LogP contribution is 2.57. The van der Waals surface area contributed by atoms with E-state index in [0.717, 1.165) is 20.8 Å². The Labute approximate surface area is 187 Å². The zero-order valence-electron chi connectivity index (χ0n) is 18.2. The predicted octanol–water partition coefficient (Wildman–Crippen LogP) is 5.39. The van der Waals surface area contributed by atoms with E-state index in [1.807, 2.05) is 0 Å². The normalized spacial score (nSPS) is 16.7. The molecule has 1 N–H and O–H groups in total. The SMILES string of the molecule is CCO.CCO[Si](OCC)(OCC)C(F)C(F)(F)C(F)(F)C(F)(F)C(F)(F)C(F)C(F)C(F)F. The molecule has 3 unspecified atom stereocenters. The molecule has 0 spiro atoms. The Morgan fingerprint density at radius 3 is 1.21 bits per heavy atom. The van der Waals surface area contributed by atoms with Crippen molar-refractivity contribution in [2.75, 3.05) is 26.4 Å². The largest absolute Gasteiger partial charge is 0.543 e. The zero-order chi connectivity index (χ0) is 27.8. The van der Waals surface area contributed by atoms with Crippen LogP contribution in [0.25, 0.3) is 0 Å². The fraction of sp³-hybridized carbons (Fsp3) is 1.00. The second-order valence-electron chi connectivity index (χ2n) is 6.16. The summed E-state index contributed by atoms with van der Waals surface area (Å²) < 4.78 is 189. The van der Waals surface area contributed by atoms with Gasteiger partial charge in [0.1, 0.15) is 0 Å². The lowest BCUT2D eigenvalue weighted by molar-refractivity contribution is -0.385. The van der Waals surface area contributed by atoms with Crippen molar-refractivity contribution in [2.45, 2.75) is 75.9 Å². The van der Waals surface area contributed by atoms with E-state index < -0.39 is 76.9 Å². The van der Waals surface area contributed by atoms with Crippen LogP contribution in [-0.4, -0.2) is 88.6 Å². The van der Waals surface area contributed by atoms with Crippen LogP contribution in [0.4, 0.5) is 57.1 Å². The summed E-state index contributed by atoms with van der Waals surface area (Å²) >= 11 is 0. The van der Waals surface area contributed by atoms with Gasteiger partial charge in [0.15, 0.2) is 6.17 Å². The lowest BCUT2D eigenvalue weighted by atomic mass is 9.94. The first-order valence-corrected chi connectivity index (χ1v) is 11.3. The van der Waals surface area contributed by atoms with Crippen LogP contribution in [0.15, 0.2) is 0 Å². The van der Waals surface area contributed by atoms with Crippen molar-refractivity contribution in [1.29, 1.82) is 0 Å². The molecule has 0 aromatic carbocycles. The first kappa shape index (κ1) is 35.3. The number of aliphatic hydroxyl groups is 1. The molecule has 34 heavy (non-hydrogen) atoms. The van der Waals surface area contributed by atoms with Crippen LogP contribution >= 0.6 is 0 Å². The standard InChI is InChI=1S/C14H19F13O3Si.C2H6O/c1-4-28-31(29-5-2,30-6-3)10(19)12(22,23)14(26,27)13(24,25)11(20,21)8(16)7(15)9(17)18;1-2-3/h7-10H,4-6H2,1-3H3;3H,2H2,1H3. The summed E-state index contributed by atoms with van der Waals surface area (Å²) in [5.74, 6) is -33.5. The number of halogens is 13. The van der Waals surface area contributed by atoms with Crippen molar-refractivity contribution in [2.24, 2.45) is 0 Å². The molecule has 0 amide bonds. The quantitative estimate of drug-likeness (QED) is 0.230. The van der Waals surface area contributed by atoms with E-state index in [0.29, 0.717) is 0 Å². The van der Waals surface area contributed by atoms with Gasteiger partial charge in [0.25, 0.3) is 6.43 Å². The third-order valence-corrected chi connectivity index (χ3v) is 6.82. The van der Waals surface area contributed by atoms with Crippen molar-refractivity contribution in [3.8, 4) is 0 Å². The Bertz CT molecular complexity index is 566. The average Bonchev–Trinajstić information content (AvgIpc) is 2.72.